The van der Waals surface area contributed by atoms with Gasteiger partial charge in [-0.1, -0.05) is 60.2 Å². The van der Waals surface area contributed by atoms with Crippen molar-refractivity contribution in [2.45, 2.75) is 32.7 Å². The van der Waals surface area contributed by atoms with Crippen LogP contribution in [0.15, 0.2) is 72.8 Å². The molecule has 0 spiro atoms. The number of para-hydroxylation sites is 1. The molecule has 3 aromatic carbocycles. The molecule has 2 amide bonds. The fraction of sp³-hybridized carbons (Fsp3) is 0.241. The van der Waals surface area contributed by atoms with Crippen LogP contribution in [0.1, 0.15) is 40.9 Å². The quantitative estimate of drug-likeness (QED) is 0.367. The Balaban J connectivity index is 1.42. The van der Waals surface area contributed by atoms with Crippen LogP contribution in [0, 0.1) is 6.92 Å². The van der Waals surface area contributed by atoms with E-state index in [0.29, 0.717) is 18.8 Å². The molecule has 2 heterocycles. The first-order valence-corrected chi connectivity index (χ1v) is 12.0. The number of ether oxygens (including phenoxy) is 1. The molecule has 6 heteroatoms. The van der Waals surface area contributed by atoms with Crippen LogP contribution in [0.25, 0.3) is 10.9 Å². The van der Waals surface area contributed by atoms with Gasteiger partial charge >= 0.3 is 12.0 Å². The molecule has 0 saturated carbocycles. The molecule has 0 aliphatic carbocycles. The van der Waals surface area contributed by atoms with Crippen molar-refractivity contribution in [3.63, 3.8) is 0 Å². The van der Waals surface area contributed by atoms with E-state index in [0.717, 1.165) is 28.8 Å². The first-order valence-electron chi connectivity index (χ1n) is 12.0. The van der Waals surface area contributed by atoms with Crippen LogP contribution in [-0.2, 0) is 22.4 Å². The third-order valence-electron chi connectivity index (χ3n) is 6.55. The SMILES string of the molecule is CCOC(=O)Cc1ccc(NC(=O)N2CCc3c([nH]c4ccccc34)[C@@H]2c2ccc(C)cc2)cc1. The van der Waals surface area contributed by atoms with Gasteiger partial charge in [0.2, 0.25) is 0 Å². The highest BCUT2D eigenvalue weighted by Crippen LogP contribution is 2.38. The number of esters is 1. The first-order chi connectivity index (χ1) is 17.0. The number of fused-ring (bicyclic) bond motifs is 3. The van der Waals surface area contributed by atoms with Crippen LogP contribution in [-0.4, -0.2) is 35.0 Å². The number of hydrogen-bond acceptors (Lipinski definition) is 3. The number of anilines is 1. The minimum absolute atomic E-state index is 0.155. The molecule has 1 atom stereocenters. The van der Waals surface area contributed by atoms with Crippen molar-refractivity contribution in [2.24, 2.45) is 0 Å². The Morgan fingerprint density at radius 1 is 1.03 bits per heavy atom. The van der Waals surface area contributed by atoms with Gasteiger partial charge < -0.3 is 19.9 Å². The summed E-state index contributed by atoms with van der Waals surface area (Å²) in [4.78, 5) is 30.8. The normalized spacial score (nSPS) is 15.0. The number of carbonyl (C=O) groups is 2. The fourth-order valence-electron chi connectivity index (χ4n) is 4.83. The molecule has 0 saturated heterocycles. The molecule has 35 heavy (non-hydrogen) atoms. The predicted molar refractivity (Wildman–Crippen MR) is 138 cm³/mol. The van der Waals surface area contributed by atoms with Gasteiger partial charge in [0.25, 0.3) is 0 Å². The van der Waals surface area contributed by atoms with E-state index < -0.39 is 0 Å². The maximum absolute atomic E-state index is 13.5. The van der Waals surface area contributed by atoms with Crippen molar-refractivity contribution in [2.75, 3.05) is 18.5 Å². The van der Waals surface area contributed by atoms with Crippen molar-refractivity contribution >= 4 is 28.6 Å². The molecular weight excluding hydrogens is 438 g/mol. The Labute approximate surface area is 204 Å². The van der Waals surface area contributed by atoms with Crippen molar-refractivity contribution in [1.82, 2.24) is 9.88 Å². The number of amides is 2. The predicted octanol–water partition coefficient (Wildman–Crippen LogP) is 5.76. The van der Waals surface area contributed by atoms with Gasteiger partial charge in [0.15, 0.2) is 0 Å². The average Bonchev–Trinajstić information content (AvgIpc) is 3.24. The number of aromatic nitrogens is 1. The lowest BCUT2D eigenvalue weighted by atomic mass is 9.92. The number of nitrogens with zero attached hydrogens (tertiary/aromatic N) is 1. The molecule has 5 rings (SSSR count). The van der Waals surface area contributed by atoms with Gasteiger partial charge in [0.1, 0.15) is 0 Å². The number of aryl methyl sites for hydroxylation is 1. The van der Waals surface area contributed by atoms with Gasteiger partial charge in [-0.05, 0) is 55.2 Å². The summed E-state index contributed by atoms with van der Waals surface area (Å²) in [5.41, 5.74) is 7.23. The fourth-order valence-corrected chi connectivity index (χ4v) is 4.83. The van der Waals surface area contributed by atoms with Crippen LogP contribution < -0.4 is 5.32 Å². The summed E-state index contributed by atoms with van der Waals surface area (Å²) in [7, 11) is 0. The van der Waals surface area contributed by atoms with E-state index in [4.69, 9.17) is 4.74 Å². The van der Waals surface area contributed by atoms with E-state index in [1.54, 1.807) is 6.92 Å². The van der Waals surface area contributed by atoms with Crippen LogP contribution in [0.5, 0.6) is 0 Å². The minimum Gasteiger partial charge on any atom is -0.466 e. The monoisotopic (exact) mass is 467 g/mol. The van der Waals surface area contributed by atoms with Crippen molar-refractivity contribution in [1.29, 1.82) is 0 Å². The average molecular weight is 468 g/mol. The highest BCUT2D eigenvalue weighted by molar-refractivity contribution is 5.91. The van der Waals surface area contributed by atoms with Gasteiger partial charge in [-0.2, -0.15) is 0 Å². The maximum Gasteiger partial charge on any atom is 0.322 e. The minimum atomic E-state index is -0.257. The van der Waals surface area contributed by atoms with E-state index >= 15 is 0 Å². The lowest BCUT2D eigenvalue weighted by Crippen LogP contribution is -2.43. The molecule has 6 nitrogen and oxygen atoms in total. The van der Waals surface area contributed by atoms with Gasteiger partial charge in [-0.15, -0.1) is 0 Å². The largest absolute Gasteiger partial charge is 0.466 e. The Morgan fingerprint density at radius 2 is 1.77 bits per heavy atom. The lowest BCUT2D eigenvalue weighted by molar-refractivity contribution is -0.142. The van der Waals surface area contributed by atoms with Crippen LogP contribution in [0.3, 0.4) is 0 Å². The topological polar surface area (TPSA) is 74.4 Å². The molecule has 178 valence electrons. The van der Waals surface area contributed by atoms with Crippen LogP contribution in [0.2, 0.25) is 0 Å². The van der Waals surface area contributed by atoms with Crippen molar-refractivity contribution in [3.05, 3.63) is 101 Å². The zero-order chi connectivity index (χ0) is 24.4. The van der Waals surface area contributed by atoms with E-state index in [1.165, 1.54) is 16.5 Å². The Kier molecular flexibility index (Phi) is 6.27. The summed E-state index contributed by atoms with van der Waals surface area (Å²) in [5.74, 6) is -0.257. The number of nitrogens with one attached hydrogen (secondary N) is 2. The van der Waals surface area contributed by atoms with Crippen LogP contribution >= 0.6 is 0 Å². The number of aromatic amines is 1. The summed E-state index contributed by atoms with van der Waals surface area (Å²) in [5, 5.41) is 4.27. The van der Waals surface area contributed by atoms with Gasteiger partial charge in [0, 0.05) is 28.8 Å². The zero-order valence-electron chi connectivity index (χ0n) is 20.0. The molecular formula is C29H29N3O3. The number of carbonyl (C=O) groups excluding carboxylic acids is 2. The molecule has 1 aromatic heterocycles. The summed E-state index contributed by atoms with van der Waals surface area (Å²) >= 11 is 0. The second kappa shape index (κ2) is 9.66. The highest BCUT2D eigenvalue weighted by atomic mass is 16.5. The molecule has 0 fully saturated rings. The second-order valence-corrected chi connectivity index (χ2v) is 8.93. The van der Waals surface area contributed by atoms with E-state index in [9.17, 15) is 9.59 Å². The lowest BCUT2D eigenvalue weighted by Gasteiger charge is -2.36. The maximum atomic E-state index is 13.5. The Bertz CT molecular complexity index is 1360. The van der Waals surface area contributed by atoms with Gasteiger partial charge in [0.05, 0.1) is 19.1 Å². The smallest absolute Gasteiger partial charge is 0.322 e. The van der Waals surface area contributed by atoms with E-state index in [1.807, 2.05) is 35.2 Å². The standard InChI is InChI=1S/C29H29N3O3/c1-3-35-26(33)18-20-10-14-22(15-11-20)30-29(34)32-17-16-24-23-6-4-5-7-25(23)31-27(24)28(32)21-12-8-19(2)9-13-21/h4-15,28,31H,3,16-18H2,1-2H3,(H,30,34)/t28-/m0/s1. The molecule has 1 aliphatic rings. The Hall–Kier alpha value is -4.06. The highest BCUT2D eigenvalue weighted by Gasteiger charge is 2.34. The Morgan fingerprint density at radius 3 is 2.51 bits per heavy atom. The molecule has 0 radical (unpaired) electrons. The van der Waals surface area contributed by atoms with Crippen molar-refractivity contribution in [3.8, 4) is 0 Å². The number of urea groups is 1. The number of rotatable bonds is 5. The summed E-state index contributed by atoms with van der Waals surface area (Å²) in [6, 6.07) is 23.7. The molecule has 0 bridgehead atoms. The first kappa shape index (κ1) is 22.7. The number of H-pyrrole nitrogens is 1. The molecule has 1 aliphatic heterocycles. The molecule has 4 aromatic rings. The van der Waals surface area contributed by atoms with Gasteiger partial charge in [-0.25, -0.2) is 4.79 Å². The number of benzene rings is 3. The zero-order valence-corrected chi connectivity index (χ0v) is 20.0. The third-order valence-corrected chi connectivity index (χ3v) is 6.55. The summed E-state index contributed by atoms with van der Waals surface area (Å²) in [6.07, 6.45) is 1.00. The van der Waals surface area contributed by atoms with Crippen LogP contribution in [0.4, 0.5) is 10.5 Å². The second-order valence-electron chi connectivity index (χ2n) is 8.93. The van der Waals surface area contributed by atoms with E-state index in [2.05, 4.69) is 59.7 Å². The van der Waals surface area contributed by atoms with E-state index in [-0.39, 0.29) is 24.5 Å². The number of hydrogen-bond donors (Lipinski definition) is 2. The van der Waals surface area contributed by atoms with Crippen molar-refractivity contribution < 1.29 is 14.3 Å². The van der Waals surface area contributed by atoms with Gasteiger partial charge in [-0.3, -0.25) is 4.79 Å². The summed E-state index contributed by atoms with van der Waals surface area (Å²) in [6.45, 7) is 4.83. The third kappa shape index (κ3) is 4.64. The molecule has 2 N–H and O–H groups in total. The molecule has 0 unspecified atom stereocenters. The summed E-state index contributed by atoms with van der Waals surface area (Å²) < 4.78 is 5.01.